The molecule has 0 aromatic heterocycles. The van der Waals surface area contributed by atoms with Gasteiger partial charge in [0.05, 0.1) is 0 Å². The topological polar surface area (TPSA) is 78.5 Å². The van der Waals surface area contributed by atoms with Crippen LogP contribution in [0.5, 0.6) is 0 Å². The number of urea groups is 1. The SMILES string of the molecule is CC1(c2ccc3c(c2)CCC3)NC(=O)N(CC(=O)NCC2CCCCC2)C1=O. The maximum atomic E-state index is 13.0. The van der Waals surface area contributed by atoms with Crippen LogP contribution in [-0.2, 0) is 28.0 Å². The van der Waals surface area contributed by atoms with Crippen LogP contribution >= 0.6 is 0 Å². The van der Waals surface area contributed by atoms with Crippen LogP contribution in [0.2, 0.25) is 0 Å². The highest BCUT2D eigenvalue weighted by Gasteiger charge is 2.49. The first-order valence-electron chi connectivity index (χ1n) is 10.5. The fourth-order valence-electron chi connectivity index (χ4n) is 4.77. The first kappa shape index (κ1) is 19.0. The molecule has 2 fully saturated rings. The summed E-state index contributed by atoms with van der Waals surface area (Å²) in [6, 6.07) is 5.52. The van der Waals surface area contributed by atoms with Gasteiger partial charge in [0, 0.05) is 6.54 Å². The van der Waals surface area contributed by atoms with Gasteiger partial charge in [-0.1, -0.05) is 37.5 Å². The van der Waals surface area contributed by atoms with Crippen molar-refractivity contribution in [3.8, 4) is 0 Å². The molecule has 0 bridgehead atoms. The number of nitrogens with zero attached hydrogens (tertiary/aromatic N) is 1. The lowest BCUT2D eigenvalue weighted by molar-refractivity contribution is -0.134. The molecule has 6 nitrogen and oxygen atoms in total. The maximum absolute atomic E-state index is 13.0. The second-order valence-electron chi connectivity index (χ2n) is 8.59. The van der Waals surface area contributed by atoms with Crippen molar-refractivity contribution < 1.29 is 14.4 Å². The second-order valence-corrected chi connectivity index (χ2v) is 8.59. The minimum atomic E-state index is -1.11. The second kappa shape index (κ2) is 7.57. The minimum Gasteiger partial charge on any atom is -0.354 e. The lowest BCUT2D eigenvalue weighted by Crippen LogP contribution is -2.44. The highest BCUT2D eigenvalue weighted by atomic mass is 16.2. The Morgan fingerprint density at radius 2 is 1.89 bits per heavy atom. The minimum absolute atomic E-state index is 0.224. The molecule has 0 spiro atoms. The number of hydrogen-bond acceptors (Lipinski definition) is 3. The number of amides is 4. The number of carbonyl (C=O) groups is 3. The largest absolute Gasteiger partial charge is 0.354 e. The molecule has 1 atom stereocenters. The third-order valence-corrected chi connectivity index (χ3v) is 6.57. The molecule has 4 amide bonds. The van der Waals surface area contributed by atoms with E-state index in [9.17, 15) is 14.4 Å². The van der Waals surface area contributed by atoms with Crippen molar-refractivity contribution in [1.82, 2.24) is 15.5 Å². The van der Waals surface area contributed by atoms with Crippen LogP contribution in [0.4, 0.5) is 4.79 Å². The van der Waals surface area contributed by atoms with Gasteiger partial charge in [0.15, 0.2) is 0 Å². The Morgan fingerprint density at radius 1 is 1.14 bits per heavy atom. The lowest BCUT2D eigenvalue weighted by atomic mass is 9.89. The smallest absolute Gasteiger partial charge is 0.325 e. The van der Waals surface area contributed by atoms with E-state index in [-0.39, 0.29) is 18.4 Å². The van der Waals surface area contributed by atoms with Crippen LogP contribution in [0, 0.1) is 5.92 Å². The zero-order valence-electron chi connectivity index (χ0n) is 16.6. The molecule has 1 saturated heterocycles. The molecule has 2 aliphatic carbocycles. The summed E-state index contributed by atoms with van der Waals surface area (Å²) < 4.78 is 0. The van der Waals surface area contributed by atoms with Gasteiger partial charge in [-0.3, -0.25) is 14.5 Å². The van der Waals surface area contributed by atoms with Crippen molar-refractivity contribution >= 4 is 17.8 Å². The third kappa shape index (κ3) is 3.52. The van der Waals surface area contributed by atoms with Gasteiger partial charge < -0.3 is 10.6 Å². The summed E-state index contributed by atoms with van der Waals surface area (Å²) in [5.74, 6) is -0.118. The van der Waals surface area contributed by atoms with Crippen molar-refractivity contribution in [2.24, 2.45) is 5.92 Å². The number of rotatable bonds is 5. The third-order valence-electron chi connectivity index (χ3n) is 6.57. The number of aryl methyl sites for hydroxylation is 2. The fourth-order valence-corrected chi connectivity index (χ4v) is 4.77. The Kier molecular flexibility index (Phi) is 5.13. The van der Waals surface area contributed by atoms with Gasteiger partial charge in [0.1, 0.15) is 12.1 Å². The van der Waals surface area contributed by atoms with E-state index in [1.54, 1.807) is 6.92 Å². The molecule has 4 rings (SSSR count). The van der Waals surface area contributed by atoms with Crippen LogP contribution in [0.1, 0.15) is 62.1 Å². The number of fused-ring (bicyclic) bond motifs is 1. The van der Waals surface area contributed by atoms with E-state index in [0.29, 0.717) is 12.5 Å². The van der Waals surface area contributed by atoms with Crippen LogP contribution in [0.25, 0.3) is 0 Å². The average molecular weight is 383 g/mol. The Morgan fingerprint density at radius 3 is 2.68 bits per heavy atom. The standard InChI is InChI=1S/C22H29N3O3/c1-22(18-11-10-16-8-5-9-17(16)12-18)20(27)25(21(28)24-22)14-19(26)23-13-15-6-3-2-4-7-15/h10-12,15H,2-9,13-14H2,1H3,(H,23,26)(H,24,28). The Bertz CT molecular complexity index is 800. The summed E-state index contributed by atoms with van der Waals surface area (Å²) in [5, 5.41) is 5.71. The predicted octanol–water partition coefficient (Wildman–Crippen LogP) is 2.64. The number of nitrogens with one attached hydrogen (secondary N) is 2. The van der Waals surface area contributed by atoms with Gasteiger partial charge in [0.25, 0.3) is 5.91 Å². The fraction of sp³-hybridized carbons (Fsp3) is 0.591. The zero-order valence-corrected chi connectivity index (χ0v) is 16.6. The van der Waals surface area contributed by atoms with E-state index in [4.69, 9.17) is 0 Å². The van der Waals surface area contributed by atoms with Crippen LogP contribution in [-0.4, -0.2) is 35.8 Å². The lowest BCUT2D eigenvalue weighted by Gasteiger charge is -2.23. The summed E-state index contributed by atoms with van der Waals surface area (Å²) >= 11 is 0. The monoisotopic (exact) mass is 383 g/mol. The first-order chi connectivity index (χ1) is 13.5. The predicted molar refractivity (Wildman–Crippen MR) is 106 cm³/mol. The van der Waals surface area contributed by atoms with E-state index < -0.39 is 11.6 Å². The van der Waals surface area contributed by atoms with Crippen molar-refractivity contribution in [2.45, 2.75) is 63.8 Å². The van der Waals surface area contributed by atoms with Crippen molar-refractivity contribution in [3.05, 3.63) is 34.9 Å². The normalized spacial score (nSPS) is 25.0. The Hall–Kier alpha value is -2.37. The van der Waals surface area contributed by atoms with Gasteiger partial charge >= 0.3 is 6.03 Å². The van der Waals surface area contributed by atoms with Gasteiger partial charge in [0.2, 0.25) is 5.91 Å². The molecule has 1 heterocycles. The number of carbonyl (C=O) groups excluding carboxylic acids is 3. The van der Waals surface area contributed by atoms with Gasteiger partial charge in [-0.15, -0.1) is 0 Å². The highest BCUT2D eigenvalue weighted by molar-refractivity contribution is 6.09. The molecular weight excluding hydrogens is 354 g/mol. The molecule has 1 aliphatic heterocycles. The molecule has 6 heteroatoms. The Balaban J connectivity index is 1.41. The highest BCUT2D eigenvalue weighted by Crippen LogP contribution is 2.32. The van der Waals surface area contributed by atoms with E-state index in [2.05, 4.69) is 16.7 Å². The molecule has 1 aromatic rings. The van der Waals surface area contributed by atoms with Gasteiger partial charge in [-0.05, 0) is 61.6 Å². The number of imide groups is 1. The quantitative estimate of drug-likeness (QED) is 0.767. The summed E-state index contributed by atoms with van der Waals surface area (Å²) in [7, 11) is 0. The van der Waals surface area contributed by atoms with Gasteiger partial charge in [-0.25, -0.2) is 4.79 Å². The first-order valence-corrected chi connectivity index (χ1v) is 10.5. The number of hydrogen-bond donors (Lipinski definition) is 2. The molecule has 1 aromatic carbocycles. The molecule has 1 saturated carbocycles. The Labute approximate surface area is 166 Å². The average Bonchev–Trinajstić information content (AvgIpc) is 3.25. The van der Waals surface area contributed by atoms with Crippen molar-refractivity contribution in [3.63, 3.8) is 0 Å². The summed E-state index contributed by atoms with van der Waals surface area (Å²) in [5.41, 5.74) is 2.25. The molecule has 28 heavy (non-hydrogen) atoms. The number of benzene rings is 1. The van der Waals surface area contributed by atoms with Crippen molar-refractivity contribution in [2.75, 3.05) is 13.1 Å². The molecular formula is C22H29N3O3. The van der Waals surface area contributed by atoms with Crippen LogP contribution in [0.15, 0.2) is 18.2 Å². The summed E-state index contributed by atoms with van der Waals surface area (Å²) in [4.78, 5) is 38.9. The summed E-state index contributed by atoms with van der Waals surface area (Å²) in [6.45, 7) is 2.13. The molecule has 3 aliphatic rings. The van der Waals surface area contributed by atoms with E-state index in [0.717, 1.165) is 42.6 Å². The van der Waals surface area contributed by atoms with E-state index >= 15 is 0 Å². The summed E-state index contributed by atoms with van der Waals surface area (Å²) in [6.07, 6.45) is 9.19. The van der Waals surface area contributed by atoms with E-state index in [1.165, 1.54) is 30.4 Å². The molecule has 150 valence electrons. The molecule has 0 radical (unpaired) electrons. The van der Waals surface area contributed by atoms with Crippen molar-refractivity contribution in [1.29, 1.82) is 0 Å². The van der Waals surface area contributed by atoms with Crippen LogP contribution < -0.4 is 10.6 Å². The van der Waals surface area contributed by atoms with Gasteiger partial charge in [-0.2, -0.15) is 0 Å². The maximum Gasteiger partial charge on any atom is 0.325 e. The molecule has 2 N–H and O–H groups in total. The van der Waals surface area contributed by atoms with Crippen LogP contribution in [0.3, 0.4) is 0 Å². The van der Waals surface area contributed by atoms with E-state index in [1.807, 2.05) is 12.1 Å². The zero-order chi connectivity index (χ0) is 19.7. The molecule has 1 unspecified atom stereocenters.